The van der Waals surface area contributed by atoms with Crippen LogP contribution < -0.4 is 11.2 Å². The van der Waals surface area contributed by atoms with Gasteiger partial charge in [0.2, 0.25) is 5.43 Å². The molecule has 0 amide bonds. The molecule has 3 N–H and O–H groups in total. The van der Waals surface area contributed by atoms with Crippen LogP contribution in [0.3, 0.4) is 0 Å². The average Bonchev–Trinajstić information content (AvgIpc) is 1.96. The minimum absolute atomic E-state index is 0.0544. The zero-order valence-corrected chi connectivity index (χ0v) is 6.23. The van der Waals surface area contributed by atoms with E-state index < -0.39 is 5.97 Å². The Labute approximate surface area is 68.0 Å². The third-order valence-corrected chi connectivity index (χ3v) is 1.32. The standard InChI is InChI=1S/C7H8N2O3/c8-5-3-9(4-7(11)12)2-1-6(5)10/h1-3H,4,8H2,(H,11,12). The van der Waals surface area contributed by atoms with Crippen LogP contribution >= 0.6 is 0 Å². The predicted octanol–water partition coefficient (Wildman–Crippen LogP) is -0.485. The van der Waals surface area contributed by atoms with Crippen molar-refractivity contribution in [2.45, 2.75) is 6.54 Å². The number of aliphatic carboxylic acids is 1. The molecule has 0 unspecified atom stereocenters. The molecule has 1 aromatic heterocycles. The van der Waals surface area contributed by atoms with E-state index in [2.05, 4.69) is 0 Å². The van der Waals surface area contributed by atoms with Gasteiger partial charge in [-0.3, -0.25) is 9.59 Å². The molecule has 0 saturated heterocycles. The number of nitrogens with zero attached hydrogens (tertiary/aromatic N) is 1. The van der Waals surface area contributed by atoms with Crippen molar-refractivity contribution in [1.82, 2.24) is 4.57 Å². The highest BCUT2D eigenvalue weighted by molar-refractivity contribution is 5.66. The zero-order valence-electron chi connectivity index (χ0n) is 6.23. The van der Waals surface area contributed by atoms with Crippen molar-refractivity contribution in [2.75, 3.05) is 5.73 Å². The molecule has 0 aliphatic carbocycles. The molecule has 0 saturated carbocycles. The van der Waals surface area contributed by atoms with E-state index in [1.807, 2.05) is 0 Å². The number of nitrogen functional groups attached to an aromatic ring is 1. The van der Waals surface area contributed by atoms with Gasteiger partial charge in [-0.15, -0.1) is 0 Å². The largest absolute Gasteiger partial charge is 0.480 e. The molecule has 1 heterocycles. The lowest BCUT2D eigenvalue weighted by molar-refractivity contribution is -0.137. The predicted molar refractivity (Wildman–Crippen MR) is 42.8 cm³/mol. The zero-order chi connectivity index (χ0) is 9.14. The van der Waals surface area contributed by atoms with Crippen LogP contribution in [0.15, 0.2) is 23.3 Å². The molecular formula is C7H8N2O3. The Hall–Kier alpha value is -1.78. The summed E-state index contributed by atoms with van der Waals surface area (Å²) in [5.74, 6) is -0.974. The summed E-state index contributed by atoms with van der Waals surface area (Å²) in [7, 11) is 0. The van der Waals surface area contributed by atoms with Gasteiger partial charge in [-0.2, -0.15) is 0 Å². The lowest BCUT2D eigenvalue weighted by Crippen LogP contribution is -2.14. The maximum atomic E-state index is 10.8. The van der Waals surface area contributed by atoms with Crippen LogP contribution in [-0.2, 0) is 11.3 Å². The number of hydrogen-bond donors (Lipinski definition) is 2. The maximum Gasteiger partial charge on any atom is 0.323 e. The number of hydrogen-bond acceptors (Lipinski definition) is 3. The van der Waals surface area contributed by atoms with Crippen LogP contribution in [-0.4, -0.2) is 15.6 Å². The Bertz CT molecular complexity index is 356. The number of pyridine rings is 1. The van der Waals surface area contributed by atoms with Crippen molar-refractivity contribution in [3.8, 4) is 0 Å². The van der Waals surface area contributed by atoms with E-state index >= 15 is 0 Å². The normalized spacial score (nSPS) is 9.67. The molecule has 64 valence electrons. The Morgan fingerprint density at radius 1 is 1.67 bits per heavy atom. The number of nitrogens with two attached hydrogens (primary N) is 1. The van der Waals surface area contributed by atoms with Gasteiger partial charge in [0, 0.05) is 18.5 Å². The van der Waals surface area contributed by atoms with Crippen LogP contribution in [0.2, 0.25) is 0 Å². The topological polar surface area (TPSA) is 85.3 Å². The lowest BCUT2D eigenvalue weighted by atomic mass is 10.4. The SMILES string of the molecule is Nc1cn(CC(=O)O)ccc1=O. The second kappa shape index (κ2) is 3.08. The van der Waals surface area contributed by atoms with Gasteiger partial charge in [0.1, 0.15) is 6.54 Å². The number of aromatic nitrogens is 1. The smallest absolute Gasteiger partial charge is 0.323 e. The molecule has 0 fully saturated rings. The van der Waals surface area contributed by atoms with E-state index in [-0.39, 0.29) is 17.7 Å². The van der Waals surface area contributed by atoms with E-state index in [0.717, 1.165) is 0 Å². The monoisotopic (exact) mass is 168 g/mol. The van der Waals surface area contributed by atoms with Gasteiger partial charge in [0.25, 0.3) is 0 Å². The first-order chi connectivity index (χ1) is 5.59. The fraction of sp³-hybridized carbons (Fsp3) is 0.143. The number of carbonyl (C=O) groups is 1. The van der Waals surface area contributed by atoms with Gasteiger partial charge in [0.05, 0.1) is 5.69 Å². The van der Waals surface area contributed by atoms with E-state index in [4.69, 9.17) is 10.8 Å². The van der Waals surface area contributed by atoms with E-state index in [9.17, 15) is 9.59 Å². The maximum absolute atomic E-state index is 10.8. The number of anilines is 1. The van der Waals surface area contributed by atoms with Gasteiger partial charge in [-0.05, 0) is 0 Å². The molecule has 0 aromatic carbocycles. The summed E-state index contributed by atoms with van der Waals surface area (Å²) in [4.78, 5) is 21.0. The van der Waals surface area contributed by atoms with Crippen molar-refractivity contribution in [2.24, 2.45) is 0 Å². The van der Waals surface area contributed by atoms with Crippen molar-refractivity contribution in [3.63, 3.8) is 0 Å². The van der Waals surface area contributed by atoms with Gasteiger partial charge in [-0.25, -0.2) is 0 Å². The summed E-state index contributed by atoms with van der Waals surface area (Å²) >= 11 is 0. The van der Waals surface area contributed by atoms with E-state index in [1.54, 1.807) is 0 Å². The van der Waals surface area contributed by atoms with Crippen LogP contribution in [0.25, 0.3) is 0 Å². The molecule has 0 aliphatic rings. The first-order valence-electron chi connectivity index (χ1n) is 3.27. The number of carboxylic acids is 1. The minimum Gasteiger partial charge on any atom is -0.480 e. The van der Waals surface area contributed by atoms with Crippen LogP contribution in [0, 0.1) is 0 Å². The van der Waals surface area contributed by atoms with Crippen LogP contribution in [0.1, 0.15) is 0 Å². The summed E-state index contributed by atoms with van der Waals surface area (Å²) in [6.45, 7) is -0.190. The van der Waals surface area contributed by atoms with Crippen molar-refractivity contribution < 1.29 is 9.90 Å². The molecule has 5 nitrogen and oxygen atoms in total. The molecule has 5 heteroatoms. The average molecular weight is 168 g/mol. The van der Waals surface area contributed by atoms with Crippen molar-refractivity contribution in [1.29, 1.82) is 0 Å². The molecule has 0 aliphatic heterocycles. The van der Waals surface area contributed by atoms with Crippen molar-refractivity contribution >= 4 is 11.7 Å². The molecule has 0 spiro atoms. The Balaban J connectivity index is 2.97. The highest BCUT2D eigenvalue weighted by Crippen LogP contribution is 1.92. The Morgan fingerprint density at radius 3 is 2.83 bits per heavy atom. The molecule has 0 radical (unpaired) electrons. The van der Waals surface area contributed by atoms with Gasteiger partial charge >= 0.3 is 5.97 Å². The molecule has 1 rings (SSSR count). The Kier molecular flexibility index (Phi) is 2.14. The first kappa shape index (κ1) is 8.32. The van der Waals surface area contributed by atoms with E-state index in [1.165, 1.54) is 23.0 Å². The first-order valence-corrected chi connectivity index (χ1v) is 3.27. The Morgan fingerprint density at radius 2 is 2.33 bits per heavy atom. The van der Waals surface area contributed by atoms with Gasteiger partial charge in [0.15, 0.2) is 0 Å². The summed E-state index contributed by atoms with van der Waals surface area (Å²) in [6.07, 6.45) is 2.68. The minimum atomic E-state index is -0.974. The quantitative estimate of drug-likeness (QED) is 0.624. The molecule has 0 atom stereocenters. The number of carboxylic acid groups (broad SMARTS) is 1. The van der Waals surface area contributed by atoms with Gasteiger partial charge < -0.3 is 15.4 Å². The summed E-state index contributed by atoms with van der Waals surface area (Å²) < 4.78 is 1.33. The molecule has 1 aromatic rings. The second-order valence-corrected chi connectivity index (χ2v) is 2.33. The van der Waals surface area contributed by atoms with Crippen molar-refractivity contribution in [3.05, 3.63) is 28.7 Å². The fourth-order valence-corrected chi connectivity index (χ4v) is 0.799. The van der Waals surface area contributed by atoms with Crippen LogP contribution in [0.5, 0.6) is 0 Å². The van der Waals surface area contributed by atoms with E-state index in [0.29, 0.717) is 0 Å². The fourth-order valence-electron chi connectivity index (χ4n) is 0.799. The number of rotatable bonds is 2. The van der Waals surface area contributed by atoms with Crippen LogP contribution in [0.4, 0.5) is 5.69 Å². The summed E-state index contributed by atoms with van der Waals surface area (Å²) in [5.41, 5.74) is 5.03. The highest BCUT2D eigenvalue weighted by atomic mass is 16.4. The summed E-state index contributed by atoms with van der Waals surface area (Å²) in [5, 5.41) is 8.39. The second-order valence-electron chi connectivity index (χ2n) is 2.33. The molecule has 0 bridgehead atoms. The third kappa shape index (κ3) is 1.85. The lowest BCUT2D eigenvalue weighted by Gasteiger charge is -2.01. The summed E-state index contributed by atoms with van der Waals surface area (Å²) in [6, 6.07) is 1.23. The highest BCUT2D eigenvalue weighted by Gasteiger charge is 1.98. The molecule has 12 heavy (non-hydrogen) atoms. The third-order valence-electron chi connectivity index (χ3n) is 1.32. The molecular weight excluding hydrogens is 160 g/mol. The van der Waals surface area contributed by atoms with Gasteiger partial charge in [-0.1, -0.05) is 0 Å².